The first kappa shape index (κ1) is 23.8. The predicted molar refractivity (Wildman–Crippen MR) is 116 cm³/mol. The van der Waals surface area contributed by atoms with Crippen LogP contribution in [0.1, 0.15) is 5.56 Å². The molecule has 1 aliphatic rings. The summed E-state index contributed by atoms with van der Waals surface area (Å²) in [6.07, 6.45) is 2.13. The van der Waals surface area contributed by atoms with E-state index in [2.05, 4.69) is 9.88 Å². The van der Waals surface area contributed by atoms with Crippen LogP contribution in [0.2, 0.25) is 10.0 Å². The fourth-order valence-electron chi connectivity index (χ4n) is 2.97. The number of anilines is 1. The molecule has 2 heterocycles. The summed E-state index contributed by atoms with van der Waals surface area (Å²) in [5.74, 6) is 0.686. The average Bonchev–Trinajstić information content (AvgIpc) is 2.62. The van der Waals surface area contributed by atoms with Gasteiger partial charge in [0.2, 0.25) is 5.91 Å². The van der Waals surface area contributed by atoms with Gasteiger partial charge in [0.1, 0.15) is 5.82 Å². The molecule has 148 valence electrons. The van der Waals surface area contributed by atoms with E-state index >= 15 is 0 Å². The molecule has 1 unspecified atom stereocenters. The Morgan fingerprint density at radius 3 is 2.33 bits per heavy atom. The lowest BCUT2D eigenvalue weighted by atomic mass is 10.1. The number of hydrogen-bond acceptors (Lipinski definition) is 4. The van der Waals surface area contributed by atoms with Crippen molar-refractivity contribution >= 4 is 59.7 Å². The standard InChI is InChI=1S/C18H20Cl2N4O.2ClH/c19-14-11-15(20)17(22-12-14)23-6-8-24(9-7-23)18(25)16(21)10-13-4-2-1-3-5-13;;/h1-5,11-12,16H,6-10,21H2;2*1H. The molecule has 1 aromatic carbocycles. The third-order valence-electron chi connectivity index (χ3n) is 4.29. The van der Waals surface area contributed by atoms with Gasteiger partial charge in [-0.25, -0.2) is 4.98 Å². The van der Waals surface area contributed by atoms with Crippen molar-refractivity contribution < 1.29 is 4.79 Å². The Balaban J connectivity index is 0.00000182. The lowest BCUT2D eigenvalue weighted by molar-refractivity contribution is -0.132. The zero-order chi connectivity index (χ0) is 17.8. The van der Waals surface area contributed by atoms with Crippen LogP contribution >= 0.6 is 48.0 Å². The molecular weight excluding hydrogens is 430 g/mol. The van der Waals surface area contributed by atoms with E-state index in [1.54, 1.807) is 12.3 Å². The van der Waals surface area contributed by atoms with E-state index in [1.165, 1.54) is 0 Å². The highest BCUT2D eigenvalue weighted by molar-refractivity contribution is 6.36. The first-order valence-corrected chi connectivity index (χ1v) is 8.94. The zero-order valence-electron chi connectivity index (χ0n) is 14.6. The number of pyridine rings is 1. The fourth-order valence-corrected chi connectivity index (χ4v) is 3.47. The molecule has 1 atom stereocenters. The van der Waals surface area contributed by atoms with Crippen LogP contribution in [-0.2, 0) is 11.2 Å². The summed E-state index contributed by atoms with van der Waals surface area (Å²) in [5.41, 5.74) is 7.18. The van der Waals surface area contributed by atoms with E-state index < -0.39 is 6.04 Å². The van der Waals surface area contributed by atoms with Crippen LogP contribution in [0.5, 0.6) is 0 Å². The van der Waals surface area contributed by atoms with Gasteiger partial charge in [-0.1, -0.05) is 53.5 Å². The van der Waals surface area contributed by atoms with Crippen molar-refractivity contribution in [3.63, 3.8) is 0 Å². The SMILES string of the molecule is Cl.Cl.NC(Cc1ccccc1)C(=O)N1CCN(c2ncc(Cl)cc2Cl)CC1. The Hall–Kier alpha value is -1.24. The van der Waals surface area contributed by atoms with Crippen LogP contribution in [0, 0.1) is 0 Å². The van der Waals surface area contributed by atoms with Crippen molar-refractivity contribution in [3.8, 4) is 0 Å². The maximum atomic E-state index is 12.6. The normalized spacial score (nSPS) is 14.8. The van der Waals surface area contributed by atoms with Crippen molar-refractivity contribution in [3.05, 3.63) is 58.2 Å². The van der Waals surface area contributed by atoms with Crippen LogP contribution < -0.4 is 10.6 Å². The molecule has 2 N–H and O–H groups in total. The minimum Gasteiger partial charge on any atom is -0.352 e. The van der Waals surface area contributed by atoms with Crippen LogP contribution in [0.25, 0.3) is 0 Å². The van der Waals surface area contributed by atoms with Gasteiger partial charge in [-0.2, -0.15) is 0 Å². The Morgan fingerprint density at radius 1 is 1.11 bits per heavy atom. The van der Waals surface area contributed by atoms with Gasteiger partial charge in [-0.05, 0) is 18.1 Å². The summed E-state index contributed by atoms with van der Waals surface area (Å²) < 4.78 is 0. The number of amides is 1. The average molecular weight is 452 g/mol. The molecule has 1 amide bonds. The highest BCUT2D eigenvalue weighted by atomic mass is 35.5. The molecule has 0 radical (unpaired) electrons. The maximum Gasteiger partial charge on any atom is 0.239 e. The van der Waals surface area contributed by atoms with Gasteiger partial charge in [0.15, 0.2) is 0 Å². The quantitative estimate of drug-likeness (QED) is 0.773. The van der Waals surface area contributed by atoms with Gasteiger partial charge in [-0.3, -0.25) is 4.79 Å². The molecule has 0 aliphatic carbocycles. The highest BCUT2D eigenvalue weighted by Crippen LogP contribution is 2.26. The molecular formula is C18H22Cl4N4O. The van der Waals surface area contributed by atoms with Crippen LogP contribution in [0.4, 0.5) is 5.82 Å². The first-order chi connectivity index (χ1) is 12.0. The van der Waals surface area contributed by atoms with Crippen molar-refractivity contribution in [2.75, 3.05) is 31.1 Å². The summed E-state index contributed by atoms with van der Waals surface area (Å²) in [6, 6.07) is 11.0. The Labute approximate surface area is 181 Å². The second-order valence-electron chi connectivity index (χ2n) is 6.07. The lowest BCUT2D eigenvalue weighted by Gasteiger charge is -2.36. The number of rotatable bonds is 4. The van der Waals surface area contributed by atoms with E-state index in [-0.39, 0.29) is 30.7 Å². The van der Waals surface area contributed by atoms with Gasteiger partial charge in [0.05, 0.1) is 16.1 Å². The molecule has 1 aromatic heterocycles. The van der Waals surface area contributed by atoms with Gasteiger partial charge >= 0.3 is 0 Å². The summed E-state index contributed by atoms with van der Waals surface area (Å²) in [7, 11) is 0. The number of aromatic nitrogens is 1. The second kappa shape index (κ2) is 10.9. The van der Waals surface area contributed by atoms with E-state index in [1.807, 2.05) is 35.2 Å². The fraction of sp³-hybridized carbons (Fsp3) is 0.333. The topological polar surface area (TPSA) is 62.5 Å². The largest absolute Gasteiger partial charge is 0.352 e. The van der Waals surface area contributed by atoms with Crippen LogP contribution in [0.3, 0.4) is 0 Å². The highest BCUT2D eigenvalue weighted by Gasteiger charge is 2.26. The van der Waals surface area contributed by atoms with Crippen molar-refractivity contribution in [2.24, 2.45) is 5.73 Å². The molecule has 5 nitrogen and oxygen atoms in total. The first-order valence-electron chi connectivity index (χ1n) is 8.19. The molecule has 9 heteroatoms. The number of nitrogens with zero attached hydrogens (tertiary/aromatic N) is 3. The number of benzene rings is 1. The Morgan fingerprint density at radius 2 is 1.74 bits per heavy atom. The van der Waals surface area contributed by atoms with E-state index in [4.69, 9.17) is 28.9 Å². The van der Waals surface area contributed by atoms with Gasteiger partial charge in [0, 0.05) is 32.4 Å². The molecule has 2 aromatic rings. The molecule has 1 saturated heterocycles. The minimum atomic E-state index is -0.522. The molecule has 27 heavy (non-hydrogen) atoms. The lowest BCUT2D eigenvalue weighted by Crippen LogP contribution is -2.53. The molecule has 0 spiro atoms. The summed E-state index contributed by atoms with van der Waals surface area (Å²) in [6.45, 7) is 2.53. The number of hydrogen-bond donors (Lipinski definition) is 1. The van der Waals surface area contributed by atoms with Crippen molar-refractivity contribution in [1.29, 1.82) is 0 Å². The van der Waals surface area contributed by atoms with Crippen molar-refractivity contribution in [2.45, 2.75) is 12.5 Å². The molecule has 0 bridgehead atoms. The third kappa shape index (κ3) is 6.13. The Bertz CT molecular complexity index is 739. The number of piperazine rings is 1. The number of halogens is 4. The predicted octanol–water partition coefficient (Wildman–Crippen LogP) is 3.45. The number of carbonyl (C=O) groups is 1. The smallest absolute Gasteiger partial charge is 0.239 e. The number of nitrogens with two attached hydrogens (primary N) is 1. The molecule has 3 rings (SSSR count). The van der Waals surface area contributed by atoms with Crippen molar-refractivity contribution in [1.82, 2.24) is 9.88 Å². The van der Waals surface area contributed by atoms with Gasteiger partial charge in [0.25, 0.3) is 0 Å². The monoisotopic (exact) mass is 450 g/mol. The Kier molecular flexibility index (Phi) is 9.63. The summed E-state index contributed by atoms with van der Waals surface area (Å²) in [5, 5.41) is 1.03. The van der Waals surface area contributed by atoms with Gasteiger partial charge < -0.3 is 15.5 Å². The summed E-state index contributed by atoms with van der Waals surface area (Å²) in [4.78, 5) is 20.8. The summed E-state index contributed by atoms with van der Waals surface area (Å²) >= 11 is 12.1. The van der Waals surface area contributed by atoms with Crippen LogP contribution in [0.15, 0.2) is 42.6 Å². The maximum absolute atomic E-state index is 12.6. The van der Waals surface area contributed by atoms with Gasteiger partial charge in [-0.15, -0.1) is 24.8 Å². The molecule has 1 fully saturated rings. The van der Waals surface area contributed by atoms with E-state index in [0.29, 0.717) is 48.5 Å². The number of carbonyl (C=O) groups excluding carboxylic acids is 1. The molecule has 1 aliphatic heterocycles. The van der Waals surface area contributed by atoms with Crippen LogP contribution in [-0.4, -0.2) is 48.0 Å². The molecule has 0 saturated carbocycles. The third-order valence-corrected chi connectivity index (χ3v) is 4.78. The van der Waals surface area contributed by atoms with E-state index in [0.717, 1.165) is 5.56 Å². The second-order valence-corrected chi connectivity index (χ2v) is 6.91. The van der Waals surface area contributed by atoms with E-state index in [9.17, 15) is 4.79 Å². The minimum absolute atomic E-state index is 0. The zero-order valence-corrected chi connectivity index (χ0v) is 17.7.